The molecule has 0 aliphatic carbocycles. The molecular weight excluding hydrogens is 270 g/mol. The van der Waals surface area contributed by atoms with Gasteiger partial charge in [0, 0.05) is 31.9 Å². The molecular formula is C19H35N3. The van der Waals surface area contributed by atoms with Gasteiger partial charge in [-0.2, -0.15) is 5.10 Å². The van der Waals surface area contributed by atoms with Crippen molar-refractivity contribution < 1.29 is 0 Å². The zero-order valence-electron chi connectivity index (χ0n) is 14.8. The predicted octanol–water partition coefficient (Wildman–Crippen LogP) is 5.01. The van der Waals surface area contributed by atoms with Crippen LogP contribution in [0.15, 0.2) is 12.3 Å². The maximum absolute atomic E-state index is 4.46. The van der Waals surface area contributed by atoms with Crippen LogP contribution in [0.25, 0.3) is 0 Å². The van der Waals surface area contributed by atoms with Gasteiger partial charge in [0.1, 0.15) is 0 Å². The van der Waals surface area contributed by atoms with E-state index in [1.165, 1.54) is 76.4 Å². The molecule has 22 heavy (non-hydrogen) atoms. The number of hydrogen-bond donors (Lipinski definition) is 0. The Kier molecular flexibility index (Phi) is 8.00. The second-order valence-corrected chi connectivity index (χ2v) is 6.87. The lowest BCUT2D eigenvalue weighted by atomic mass is 9.99. The first-order valence-electron chi connectivity index (χ1n) is 9.59. The van der Waals surface area contributed by atoms with Crippen molar-refractivity contribution in [2.75, 3.05) is 6.54 Å². The first-order valence-corrected chi connectivity index (χ1v) is 9.59. The Morgan fingerprint density at radius 2 is 1.73 bits per heavy atom. The molecule has 0 saturated heterocycles. The molecule has 0 bridgehead atoms. The SMILES string of the molecule is CCCCCC[C@@H](CCCCC)N1CCCn2nccc2C1. The van der Waals surface area contributed by atoms with Gasteiger partial charge in [-0.25, -0.2) is 0 Å². The van der Waals surface area contributed by atoms with Crippen molar-refractivity contribution in [1.29, 1.82) is 0 Å². The zero-order valence-corrected chi connectivity index (χ0v) is 14.8. The summed E-state index contributed by atoms with van der Waals surface area (Å²) in [4.78, 5) is 2.75. The Labute approximate surface area is 137 Å². The lowest BCUT2D eigenvalue weighted by Crippen LogP contribution is -2.35. The Bertz CT molecular complexity index is 399. The van der Waals surface area contributed by atoms with E-state index in [9.17, 15) is 0 Å². The Morgan fingerprint density at radius 3 is 2.50 bits per heavy atom. The minimum absolute atomic E-state index is 0.782. The van der Waals surface area contributed by atoms with Gasteiger partial charge in [-0.1, -0.05) is 58.8 Å². The van der Waals surface area contributed by atoms with Crippen LogP contribution in [0.4, 0.5) is 0 Å². The number of hydrogen-bond acceptors (Lipinski definition) is 2. The fourth-order valence-electron chi connectivity index (χ4n) is 3.66. The van der Waals surface area contributed by atoms with Crippen LogP contribution < -0.4 is 0 Å². The fraction of sp³-hybridized carbons (Fsp3) is 0.842. The minimum atomic E-state index is 0.782. The summed E-state index contributed by atoms with van der Waals surface area (Å²) in [7, 11) is 0. The van der Waals surface area contributed by atoms with E-state index in [2.05, 4.69) is 34.6 Å². The highest BCUT2D eigenvalue weighted by Crippen LogP contribution is 2.22. The van der Waals surface area contributed by atoms with Gasteiger partial charge in [0.05, 0.1) is 5.69 Å². The van der Waals surface area contributed by atoms with Crippen LogP contribution in [0.5, 0.6) is 0 Å². The van der Waals surface area contributed by atoms with Crippen molar-refractivity contribution in [1.82, 2.24) is 14.7 Å². The highest BCUT2D eigenvalue weighted by Gasteiger charge is 2.21. The van der Waals surface area contributed by atoms with Crippen LogP contribution in [0, 0.1) is 0 Å². The number of aromatic nitrogens is 2. The van der Waals surface area contributed by atoms with Crippen LogP contribution in [0.3, 0.4) is 0 Å². The highest BCUT2D eigenvalue weighted by atomic mass is 15.3. The third-order valence-corrected chi connectivity index (χ3v) is 5.03. The molecule has 2 heterocycles. The molecule has 0 aromatic carbocycles. The van der Waals surface area contributed by atoms with Crippen molar-refractivity contribution in [2.45, 2.75) is 97.2 Å². The first kappa shape index (κ1) is 17.5. The van der Waals surface area contributed by atoms with E-state index >= 15 is 0 Å². The molecule has 1 aromatic rings. The molecule has 0 N–H and O–H groups in total. The maximum atomic E-state index is 4.46. The maximum Gasteiger partial charge on any atom is 0.0524 e. The third kappa shape index (κ3) is 5.42. The largest absolute Gasteiger partial charge is 0.295 e. The van der Waals surface area contributed by atoms with E-state index in [1.54, 1.807) is 0 Å². The highest BCUT2D eigenvalue weighted by molar-refractivity contribution is 5.02. The van der Waals surface area contributed by atoms with Gasteiger partial charge >= 0.3 is 0 Å². The van der Waals surface area contributed by atoms with Crippen molar-refractivity contribution in [3.8, 4) is 0 Å². The van der Waals surface area contributed by atoms with Crippen molar-refractivity contribution in [3.63, 3.8) is 0 Å². The second-order valence-electron chi connectivity index (χ2n) is 6.87. The topological polar surface area (TPSA) is 21.1 Å². The number of unbranched alkanes of at least 4 members (excludes halogenated alkanes) is 5. The lowest BCUT2D eigenvalue weighted by molar-refractivity contribution is 0.164. The standard InChI is InChI=1S/C19H35N3/c1-3-5-7-9-12-18(11-8-6-4-2)21-15-10-16-22-19(17-21)13-14-20-22/h13-14,18H,3-12,15-17H2,1-2H3/t18-/m1/s1. The van der Waals surface area contributed by atoms with Gasteiger partial charge in [0.2, 0.25) is 0 Å². The first-order chi connectivity index (χ1) is 10.8. The normalized spacial score (nSPS) is 17.2. The number of nitrogens with zero attached hydrogens (tertiary/aromatic N) is 3. The second kappa shape index (κ2) is 10.0. The predicted molar refractivity (Wildman–Crippen MR) is 93.9 cm³/mol. The molecule has 3 nitrogen and oxygen atoms in total. The van der Waals surface area contributed by atoms with Crippen LogP contribution in [0.1, 0.15) is 83.7 Å². The van der Waals surface area contributed by atoms with E-state index in [0.717, 1.165) is 19.1 Å². The summed E-state index contributed by atoms with van der Waals surface area (Å²) < 4.78 is 2.21. The van der Waals surface area contributed by atoms with Crippen LogP contribution in [-0.4, -0.2) is 27.3 Å². The van der Waals surface area contributed by atoms with E-state index in [-0.39, 0.29) is 0 Å². The number of fused-ring (bicyclic) bond motifs is 1. The van der Waals surface area contributed by atoms with Crippen LogP contribution in [0.2, 0.25) is 0 Å². The van der Waals surface area contributed by atoms with Gasteiger partial charge < -0.3 is 0 Å². The van der Waals surface area contributed by atoms with E-state index in [1.807, 2.05) is 6.20 Å². The summed E-state index contributed by atoms with van der Waals surface area (Å²) in [5, 5.41) is 4.46. The molecule has 0 spiro atoms. The molecule has 3 heteroatoms. The molecule has 0 unspecified atom stereocenters. The third-order valence-electron chi connectivity index (χ3n) is 5.03. The monoisotopic (exact) mass is 305 g/mol. The van der Waals surface area contributed by atoms with Gasteiger partial charge in [0.25, 0.3) is 0 Å². The molecule has 0 radical (unpaired) electrons. The van der Waals surface area contributed by atoms with Gasteiger partial charge in [0.15, 0.2) is 0 Å². The number of aryl methyl sites for hydroxylation is 1. The summed E-state index contributed by atoms with van der Waals surface area (Å²) in [5.41, 5.74) is 1.41. The van der Waals surface area contributed by atoms with Crippen LogP contribution >= 0.6 is 0 Å². The van der Waals surface area contributed by atoms with Gasteiger partial charge in [-0.15, -0.1) is 0 Å². The summed E-state index contributed by atoms with van der Waals surface area (Å²) in [6.07, 6.45) is 15.6. The van der Waals surface area contributed by atoms with Gasteiger partial charge in [-0.05, 0) is 25.3 Å². The summed E-state index contributed by atoms with van der Waals surface area (Å²) in [6.45, 7) is 8.05. The molecule has 1 atom stereocenters. The molecule has 0 amide bonds. The van der Waals surface area contributed by atoms with E-state index < -0.39 is 0 Å². The molecule has 0 saturated carbocycles. The summed E-state index contributed by atoms with van der Waals surface area (Å²) >= 11 is 0. The smallest absolute Gasteiger partial charge is 0.0524 e. The molecule has 1 aliphatic rings. The molecule has 0 fully saturated rings. The Hall–Kier alpha value is -0.830. The zero-order chi connectivity index (χ0) is 15.6. The van der Waals surface area contributed by atoms with Gasteiger partial charge in [-0.3, -0.25) is 9.58 Å². The number of rotatable bonds is 10. The van der Waals surface area contributed by atoms with Crippen molar-refractivity contribution >= 4 is 0 Å². The fourth-order valence-corrected chi connectivity index (χ4v) is 3.66. The summed E-state index contributed by atoms with van der Waals surface area (Å²) in [5.74, 6) is 0. The molecule has 1 aromatic heterocycles. The Morgan fingerprint density at radius 1 is 1.00 bits per heavy atom. The molecule has 1 aliphatic heterocycles. The Balaban J connectivity index is 1.90. The minimum Gasteiger partial charge on any atom is -0.295 e. The molecule has 2 rings (SSSR count). The van der Waals surface area contributed by atoms with Crippen molar-refractivity contribution in [2.24, 2.45) is 0 Å². The average Bonchev–Trinajstić information content (AvgIpc) is 2.87. The lowest BCUT2D eigenvalue weighted by Gasteiger charge is -2.30. The van der Waals surface area contributed by atoms with E-state index in [0.29, 0.717) is 0 Å². The molecule has 126 valence electrons. The quantitative estimate of drug-likeness (QED) is 0.567. The van der Waals surface area contributed by atoms with Crippen molar-refractivity contribution in [3.05, 3.63) is 18.0 Å². The van der Waals surface area contributed by atoms with E-state index in [4.69, 9.17) is 0 Å². The summed E-state index contributed by atoms with van der Waals surface area (Å²) in [6, 6.07) is 2.99. The average molecular weight is 306 g/mol. The van der Waals surface area contributed by atoms with Crippen LogP contribution in [-0.2, 0) is 13.1 Å².